The maximum absolute atomic E-state index is 13.0. The van der Waals surface area contributed by atoms with Crippen LogP contribution in [0.5, 0.6) is 5.75 Å². The average Bonchev–Trinajstić information content (AvgIpc) is 3.26. The van der Waals surface area contributed by atoms with Gasteiger partial charge in [-0.1, -0.05) is 18.2 Å². The first-order valence-corrected chi connectivity index (χ1v) is 9.71. The van der Waals surface area contributed by atoms with Crippen LogP contribution in [-0.4, -0.2) is 45.2 Å². The molecule has 0 bridgehead atoms. The summed E-state index contributed by atoms with van der Waals surface area (Å²) in [6.07, 6.45) is 1.85. The minimum absolute atomic E-state index is 0.0188. The number of amides is 1. The smallest absolute Gasteiger partial charge is 0.226 e. The molecule has 0 radical (unpaired) electrons. The van der Waals surface area contributed by atoms with E-state index in [1.807, 2.05) is 36.9 Å². The third-order valence-electron chi connectivity index (χ3n) is 5.66. The van der Waals surface area contributed by atoms with Crippen molar-refractivity contribution in [3.05, 3.63) is 29.8 Å². The van der Waals surface area contributed by atoms with Crippen LogP contribution in [0.2, 0.25) is 0 Å². The number of para-hydroxylation sites is 1. The lowest BCUT2D eigenvalue weighted by atomic mass is 9.87. The van der Waals surface area contributed by atoms with Crippen LogP contribution in [0.15, 0.2) is 24.3 Å². The normalized spacial score (nSPS) is 36.4. The zero-order chi connectivity index (χ0) is 16.2. The fourth-order valence-corrected chi connectivity index (χ4v) is 5.77. The summed E-state index contributed by atoms with van der Waals surface area (Å²) in [5.74, 6) is 1.26. The molecule has 3 aliphatic rings. The Morgan fingerprint density at radius 1 is 1.26 bits per heavy atom. The molecule has 1 spiro atoms. The highest BCUT2D eigenvalue weighted by molar-refractivity contribution is 7.86. The van der Waals surface area contributed by atoms with Crippen molar-refractivity contribution < 1.29 is 13.7 Å². The summed E-state index contributed by atoms with van der Waals surface area (Å²) in [4.78, 5) is 15.0. The molecule has 0 unspecified atom stereocenters. The van der Waals surface area contributed by atoms with E-state index in [0.717, 1.165) is 18.6 Å². The number of rotatable bonds is 1. The molecule has 5 heteroatoms. The summed E-state index contributed by atoms with van der Waals surface area (Å²) in [7, 11) is -0.823. The van der Waals surface area contributed by atoms with Gasteiger partial charge in [0.1, 0.15) is 5.75 Å². The summed E-state index contributed by atoms with van der Waals surface area (Å²) >= 11 is 0. The molecule has 2 fully saturated rings. The van der Waals surface area contributed by atoms with Crippen molar-refractivity contribution >= 4 is 16.7 Å². The van der Waals surface area contributed by atoms with Crippen molar-refractivity contribution in [3.8, 4) is 5.75 Å². The first-order valence-electron chi connectivity index (χ1n) is 8.43. The van der Waals surface area contributed by atoms with Crippen molar-refractivity contribution in [1.82, 2.24) is 4.90 Å². The molecular weight excluding hydrogens is 310 g/mol. The summed E-state index contributed by atoms with van der Waals surface area (Å²) in [6.45, 7) is 5.91. The zero-order valence-corrected chi connectivity index (χ0v) is 14.5. The van der Waals surface area contributed by atoms with Crippen molar-refractivity contribution in [3.63, 3.8) is 0 Å². The minimum Gasteiger partial charge on any atom is -0.493 e. The third-order valence-corrected chi connectivity index (χ3v) is 7.55. The second-order valence-corrected chi connectivity index (χ2v) is 9.47. The van der Waals surface area contributed by atoms with Gasteiger partial charge in [0.15, 0.2) is 0 Å². The Morgan fingerprint density at radius 3 is 2.70 bits per heavy atom. The molecule has 4 nitrogen and oxygen atoms in total. The number of carbonyl (C=O) groups is 1. The van der Waals surface area contributed by atoms with E-state index in [-0.39, 0.29) is 27.7 Å². The van der Waals surface area contributed by atoms with Crippen molar-refractivity contribution in [2.24, 2.45) is 5.92 Å². The Morgan fingerprint density at radius 2 is 1.96 bits per heavy atom. The second-order valence-electron chi connectivity index (χ2n) is 7.20. The van der Waals surface area contributed by atoms with E-state index in [9.17, 15) is 9.00 Å². The van der Waals surface area contributed by atoms with E-state index in [0.29, 0.717) is 19.7 Å². The quantitative estimate of drug-likeness (QED) is 0.791. The van der Waals surface area contributed by atoms with Crippen molar-refractivity contribution in [1.29, 1.82) is 0 Å². The van der Waals surface area contributed by atoms with Gasteiger partial charge in [0, 0.05) is 51.3 Å². The number of hydrogen-bond acceptors (Lipinski definition) is 3. The molecule has 0 aromatic heterocycles. The van der Waals surface area contributed by atoms with Gasteiger partial charge in [-0.15, -0.1) is 0 Å². The van der Waals surface area contributed by atoms with Crippen LogP contribution in [0.1, 0.15) is 32.3 Å². The van der Waals surface area contributed by atoms with Gasteiger partial charge in [0.25, 0.3) is 0 Å². The second kappa shape index (κ2) is 5.33. The molecule has 1 aromatic rings. The van der Waals surface area contributed by atoms with E-state index >= 15 is 0 Å². The lowest BCUT2D eigenvalue weighted by Crippen LogP contribution is -2.50. The summed E-state index contributed by atoms with van der Waals surface area (Å²) < 4.78 is 17.8. The van der Waals surface area contributed by atoms with Crippen LogP contribution in [0, 0.1) is 5.92 Å². The van der Waals surface area contributed by atoms with E-state index in [2.05, 4.69) is 6.07 Å². The maximum Gasteiger partial charge on any atom is 0.226 e. The average molecular weight is 333 g/mol. The Labute approximate surface area is 139 Å². The van der Waals surface area contributed by atoms with Gasteiger partial charge in [-0.3, -0.25) is 9.00 Å². The van der Waals surface area contributed by atoms with Crippen LogP contribution in [0.3, 0.4) is 0 Å². The van der Waals surface area contributed by atoms with Gasteiger partial charge in [-0.2, -0.15) is 0 Å². The van der Waals surface area contributed by atoms with Crippen LogP contribution < -0.4 is 4.74 Å². The van der Waals surface area contributed by atoms with Gasteiger partial charge >= 0.3 is 0 Å². The van der Waals surface area contributed by atoms with Crippen molar-refractivity contribution in [2.45, 2.75) is 42.6 Å². The fraction of sp³-hybridized carbons (Fsp3) is 0.611. The molecule has 2 heterocycles. The number of fused-ring (bicyclic) bond motifs is 2. The zero-order valence-electron chi connectivity index (χ0n) is 13.7. The monoisotopic (exact) mass is 333 g/mol. The van der Waals surface area contributed by atoms with Gasteiger partial charge in [-0.05, 0) is 32.8 Å². The van der Waals surface area contributed by atoms with Gasteiger partial charge < -0.3 is 9.64 Å². The predicted octanol–water partition coefficient (Wildman–Crippen LogP) is 2.09. The first-order chi connectivity index (χ1) is 11.0. The van der Waals surface area contributed by atoms with Gasteiger partial charge in [0.2, 0.25) is 5.91 Å². The number of nitrogens with zero attached hydrogens (tertiary/aromatic N) is 1. The topological polar surface area (TPSA) is 46.6 Å². The Bertz CT molecular complexity index is 662. The van der Waals surface area contributed by atoms with Crippen molar-refractivity contribution in [2.75, 3.05) is 19.7 Å². The van der Waals surface area contributed by atoms with Gasteiger partial charge in [-0.25, -0.2) is 0 Å². The lowest BCUT2D eigenvalue weighted by Gasteiger charge is -2.35. The Kier molecular flexibility index (Phi) is 3.52. The SMILES string of the molecule is C[C@H]1CN(C(=O)[C@@H]2C[C@]23CCOc2ccccc23)C[C@H](C)S1=O. The molecule has 1 saturated carbocycles. The van der Waals surface area contributed by atoms with Crippen LogP contribution >= 0.6 is 0 Å². The van der Waals surface area contributed by atoms with Crippen LogP contribution in [0.25, 0.3) is 0 Å². The minimum atomic E-state index is -0.823. The molecule has 0 N–H and O–H groups in total. The molecular formula is C18H23NO3S. The summed E-state index contributed by atoms with van der Waals surface area (Å²) in [6, 6.07) is 8.13. The molecule has 124 valence electrons. The molecule has 4 rings (SSSR count). The third kappa shape index (κ3) is 2.32. The highest BCUT2D eigenvalue weighted by Crippen LogP contribution is 2.61. The molecule has 4 atom stereocenters. The van der Waals surface area contributed by atoms with E-state index in [4.69, 9.17) is 4.74 Å². The Balaban J connectivity index is 1.56. The number of ether oxygens (including phenoxy) is 1. The number of carbonyl (C=O) groups excluding carboxylic acids is 1. The van der Waals surface area contributed by atoms with Crippen LogP contribution in [0.4, 0.5) is 0 Å². The number of benzene rings is 1. The highest BCUT2D eigenvalue weighted by Gasteiger charge is 2.62. The van der Waals surface area contributed by atoms with E-state index in [1.165, 1.54) is 5.56 Å². The molecule has 2 aliphatic heterocycles. The number of hydrogen-bond donors (Lipinski definition) is 0. The Hall–Kier alpha value is -1.36. The largest absolute Gasteiger partial charge is 0.493 e. The van der Waals surface area contributed by atoms with Gasteiger partial charge in [0.05, 0.1) is 6.61 Å². The first kappa shape index (κ1) is 15.2. The molecule has 1 aliphatic carbocycles. The molecule has 1 saturated heterocycles. The predicted molar refractivity (Wildman–Crippen MR) is 90.0 cm³/mol. The highest BCUT2D eigenvalue weighted by atomic mass is 32.2. The summed E-state index contributed by atoms with van der Waals surface area (Å²) in [5.41, 5.74) is 1.18. The molecule has 23 heavy (non-hydrogen) atoms. The van der Waals surface area contributed by atoms with Crippen LogP contribution in [-0.2, 0) is 21.0 Å². The molecule has 1 amide bonds. The summed E-state index contributed by atoms with van der Waals surface area (Å²) in [5, 5.41) is 0.138. The standard InChI is InChI=1S/C18H23NO3S/c1-12-10-19(11-13(2)23(12)21)17(20)15-9-18(15)7-8-22-16-6-4-3-5-14(16)18/h3-6,12-13,15H,7-11H2,1-2H3/t12-,13-,15-,18-/m0/s1. The van der Waals surface area contributed by atoms with E-state index < -0.39 is 10.8 Å². The fourth-order valence-electron chi connectivity index (χ4n) is 4.32. The lowest BCUT2D eigenvalue weighted by molar-refractivity contribution is -0.133. The van der Waals surface area contributed by atoms with E-state index in [1.54, 1.807) is 0 Å². The maximum atomic E-state index is 13.0. The molecule has 1 aromatic carbocycles.